The first kappa shape index (κ1) is 22.9. The zero-order chi connectivity index (χ0) is 22.5. The van der Waals surface area contributed by atoms with Gasteiger partial charge in [0.05, 0.1) is 16.0 Å². The van der Waals surface area contributed by atoms with E-state index in [-0.39, 0.29) is 11.9 Å². The van der Waals surface area contributed by atoms with Crippen LogP contribution in [0.25, 0.3) is 5.69 Å². The number of carbonyl (C=O) groups excluding carboxylic acids is 2. The maximum atomic E-state index is 12.7. The first-order chi connectivity index (χ1) is 15.5. The number of thioether (sulfide) groups is 1. The van der Waals surface area contributed by atoms with Gasteiger partial charge in [-0.25, -0.2) is 4.79 Å². The second-order valence-electron chi connectivity index (χ2n) is 8.32. The van der Waals surface area contributed by atoms with Crippen molar-refractivity contribution in [1.82, 2.24) is 25.4 Å². The van der Waals surface area contributed by atoms with Crippen molar-refractivity contribution >= 4 is 41.2 Å². The molecular weight excluding hydrogens is 448 g/mol. The van der Waals surface area contributed by atoms with Crippen molar-refractivity contribution in [1.29, 1.82) is 0 Å². The number of anilines is 1. The molecule has 2 heterocycles. The number of urea groups is 1. The summed E-state index contributed by atoms with van der Waals surface area (Å²) in [5.41, 5.74) is 0.770. The van der Waals surface area contributed by atoms with Gasteiger partial charge in [0.2, 0.25) is 11.9 Å². The molecule has 1 unspecified atom stereocenters. The molecule has 4 rings (SSSR count). The lowest BCUT2D eigenvalue weighted by Gasteiger charge is -2.23. The molecule has 1 aromatic heterocycles. The Balaban J connectivity index is 1.47. The van der Waals surface area contributed by atoms with Gasteiger partial charge in [-0.3, -0.25) is 14.7 Å². The minimum atomic E-state index is -0.538. The lowest BCUT2D eigenvalue weighted by atomic mass is 9.96. The van der Waals surface area contributed by atoms with Crippen molar-refractivity contribution < 1.29 is 9.59 Å². The normalized spacial score (nSPS) is 17.9. The number of halogens is 1. The zero-order valence-corrected chi connectivity index (χ0v) is 19.8. The summed E-state index contributed by atoms with van der Waals surface area (Å²) < 4.78 is 1.91. The Hall–Kier alpha value is -2.26. The first-order valence-corrected chi connectivity index (χ1v) is 12.5. The monoisotopic (exact) mass is 476 g/mol. The number of para-hydroxylation sites is 1. The van der Waals surface area contributed by atoms with Crippen molar-refractivity contribution in [3.8, 4) is 5.69 Å². The fourth-order valence-electron chi connectivity index (χ4n) is 4.20. The van der Waals surface area contributed by atoms with Crippen LogP contribution in [0.4, 0.5) is 10.7 Å². The summed E-state index contributed by atoms with van der Waals surface area (Å²) in [6, 6.07) is 7.24. The Kier molecular flexibility index (Phi) is 7.57. The average Bonchev–Trinajstić information content (AvgIpc) is 3.45. The van der Waals surface area contributed by atoms with Gasteiger partial charge >= 0.3 is 6.03 Å². The average molecular weight is 477 g/mol. The van der Waals surface area contributed by atoms with Crippen LogP contribution in [-0.4, -0.2) is 51.1 Å². The number of hydrogen-bond acceptors (Lipinski definition) is 6. The molecule has 1 aliphatic carbocycles. The summed E-state index contributed by atoms with van der Waals surface area (Å²) in [5.74, 6) is 0.362. The molecule has 10 heteroatoms. The van der Waals surface area contributed by atoms with E-state index in [9.17, 15) is 9.59 Å². The molecule has 0 bridgehead atoms. The largest absolute Gasteiger partial charge is 0.341 e. The second kappa shape index (κ2) is 10.6. The summed E-state index contributed by atoms with van der Waals surface area (Å²) in [6.07, 6.45) is 7.57. The van der Waals surface area contributed by atoms with E-state index in [1.54, 1.807) is 6.92 Å². The predicted octanol–water partition coefficient (Wildman–Crippen LogP) is 4.16. The fourth-order valence-corrected chi connectivity index (χ4v) is 5.27. The van der Waals surface area contributed by atoms with E-state index in [1.807, 2.05) is 28.8 Å². The van der Waals surface area contributed by atoms with Crippen LogP contribution in [0.3, 0.4) is 0 Å². The van der Waals surface area contributed by atoms with Gasteiger partial charge in [-0.2, -0.15) is 0 Å². The smallest absolute Gasteiger partial charge is 0.321 e. The lowest BCUT2D eigenvalue weighted by molar-refractivity contribution is -0.119. The van der Waals surface area contributed by atoms with E-state index >= 15 is 0 Å². The number of nitrogens with zero attached hydrogens (tertiary/aromatic N) is 4. The van der Waals surface area contributed by atoms with E-state index in [1.165, 1.54) is 18.2 Å². The number of rotatable bonds is 6. The topological polar surface area (TPSA) is 92.2 Å². The lowest BCUT2D eigenvalue weighted by Crippen LogP contribution is -2.47. The van der Waals surface area contributed by atoms with Crippen LogP contribution in [0.15, 0.2) is 29.4 Å². The molecule has 2 fully saturated rings. The predicted molar refractivity (Wildman–Crippen MR) is 127 cm³/mol. The van der Waals surface area contributed by atoms with E-state index in [0.717, 1.165) is 63.3 Å². The van der Waals surface area contributed by atoms with Gasteiger partial charge in [0.1, 0.15) is 0 Å². The van der Waals surface area contributed by atoms with Crippen molar-refractivity contribution in [3.05, 3.63) is 29.3 Å². The Morgan fingerprint density at radius 3 is 2.53 bits per heavy atom. The van der Waals surface area contributed by atoms with Gasteiger partial charge < -0.3 is 10.2 Å². The van der Waals surface area contributed by atoms with E-state index in [0.29, 0.717) is 10.2 Å². The third-order valence-corrected chi connectivity index (χ3v) is 7.29. The molecule has 1 aliphatic heterocycles. The maximum Gasteiger partial charge on any atom is 0.321 e. The van der Waals surface area contributed by atoms with Crippen LogP contribution in [0.5, 0.6) is 0 Å². The number of imide groups is 1. The zero-order valence-electron chi connectivity index (χ0n) is 18.2. The van der Waals surface area contributed by atoms with Crippen LogP contribution < -0.4 is 15.5 Å². The molecule has 2 aliphatic rings. The van der Waals surface area contributed by atoms with E-state index in [4.69, 9.17) is 11.6 Å². The quantitative estimate of drug-likeness (QED) is 0.608. The Labute approximate surface area is 197 Å². The molecule has 2 aromatic rings. The molecule has 8 nitrogen and oxygen atoms in total. The number of benzene rings is 1. The van der Waals surface area contributed by atoms with Crippen LogP contribution in [0, 0.1) is 0 Å². The molecule has 32 heavy (non-hydrogen) atoms. The molecule has 0 radical (unpaired) electrons. The molecule has 1 atom stereocenters. The summed E-state index contributed by atoms with van der Waals surface area (Å²) >= 11 is 7.75. The van der Waals surface area contributed by atoms with E-state index < -0.39 is 11.3 Å². The maximum absolute atomic E-state index is 12.7. The third-order valence-electron chi connectivity index (χ3n) is 5.93. The van der Waals surface area contributed by atoms with Gasteiger partial charge in [-0.1, -0.05) is 54.8 Å². The second-order valence-corrected chi connectivity index (χ2v) is 10.0. The number of hydrogen-bond donors (Lipinski definition) is 2. The molecule has 0 spiro atoms. The molecule has 1 saturated carbocycles. The van der Waals surface area contributed by atoms with Gasteiger partial charge in [0.25, 0.3) is 0 Å². The van der Waals surface area contributed by atoms with Gasteiger partial charge in [-0.15, -0.1) is 10.2 Å². The molecule has 1 aromatic carbocycles. The highest BCUT2D eigenvalue weighted by Crippen LogP contribution is 2.33. The van der Waals surface area contributed by atoms with Crippen molar-refractivity contribution in [3.63, 3.8) is 0 Å². The highest BCUT2D eigenvalue weighted by atomic mass is 35.5. The summed E-state index contributed by atoms with van der Waals surface area (Å²) in [5, 5.41) is 14.8. The summed E-state index contributed by atoms with van der Waals surface area (Å²) in [7, 11) is 0. The highest BCUT2D eigenvalue weighted by Gasteiger charge is 2.27. The van der Waals surface area contributed by atoms with Crippen LogP contribution >= 0.6 is 23.4 Å². The molecule has 3 amide bonds. The third kappa shape index (κ3) is 5.38. The van der Waals surface area contributed by atoms with Crippen LogP contribution in [0.2, 0.25) is 5.02 Å². The highest BCUT2D eigenvalue weighted by molar-refractivity contribution is 8.00. The Morgan fingerprint density at radius 2 is 1.81 bits per heavy atom. The fraction of sp³-hybridized carbons (Fsp3) is 0.545. The molecular formula is C22H29ClN6O2S. The van der Waals surface area contributed by atoms with Gasteiger partial charge in [0.15, 0.2) is 5.16 Å². The standard InChI is InChI=1S/C22H29ClN6O2S/c1-15(19(30)25-20(31)24-16-9-3-2-4-10-16)32-22-27-26-21(28-13-7-8-14-28)29(22)18-12-6-5-11-17(18)23/h5-6,11-12,15-16H,2-4,7-10,13-14H2,1H3,(H2,24,25,30,31). The Morgan fingerprint density at radius 1 is 1.09 bits per heavy atom. The number of aromatic nitrogens is 3. The van der Waals surface area contributed by atoms with Crippen LogP contribution in [-0.2, 0) is 4.79 Å². The Bertz CT molecular complexity index is 956. The van der Waals surface area contributed by atoms with Crippen molar-refractivity contribution in [2.45, 2.75) is 68.3 Å². The molecule has 2 N–H and O–H groups in total. The van der Waals surface area contributed by atoms with Crippen molar-refractivity contribution in [2.75, 3.05) is 18.0 Å². The number of amides is 3. The van der Waals surface area contributed by atoms with E-state index in [2.05, 4.69) is 25.7 Å². The minimum Gasteiger partial charge on any atom is -0.341 e. The molecule has 1 saturated heterocycles. The number of carbonyl (C=O) groups is 2. The van der Waals surface area contributed by atoms with Gasteiger partial charge in [-0.05, 0) is 44.7 Å². The van der Waals surface area contributed by atoms with Crippen LogP contribution in [0.1, 0.15) is 51.9 Å². The van der Waals surface area contributed by atoms with Crippen molar-refractivity contribution in [2.24, 2.45) is 0 Å². The minimum absolute atomic E-state index is 0.144. The summed E-state index contributed by atoms with van der Waals surface area (Å²) in [4.78, 5) is 27.2. The SMILES string of the molecule is CC(Sc1nnc(N2CCCC2)n1-c1ccccc1Cl)C(=O)NC(=O)NC1CCCCC1. The number of nitrogens with one attached hydrogen (secondary N) is 2. The summed E-state index contributed by atoms with van der Waals surface area (Å²) in [6.45, 7) is 3.57. The first-order valence-electron chi connectivity index (χ1n) is 11.3. The molecule has 172 valence electrons. The van der Waals surface area contributed by atoms with Gasteiger partial charge in [0, 0.05) is 19.1 Å².